The summed E-state index contributed by atoms with van der Waals surface area (Å²) < 4.78 is 1.93. The molecule has 0 spiro atoms. The van der Waals surface area contributed by atoms with Crippen LogP contribution in [0.25, 0.3) is 0 Å². The molecule has 2 aliphatic carbocycles. The predicted molar refractivity (Wildman–Crippen MR) is 101 cm³/mol. The molecule has 0 radical (unpaired) electrons. The standard InChI is InChI=1S/C19H31N3O.CH2O2/c1-12(2)22(11-18-13(3)20-21(5)14(18)4)19(23)17-10-9-15-7-6-8-16(15)17;2-1-3/h12,15-17H,6-11H2,1-5H3;1H,(H,2,3)/t15-,16-,17-;/m0./s1. The molecule has 146 valence electrons. The van der Waals surface area contributed by atoms with Crippen LogP contribution >= 0.6 is 0 Å². The first-order valence-corrected chi connectivity index (χ1v) is 9.69. The van der Waals surface area contributed by atoms with E-state index in [4.69, 9.17) is 9.90 Å². The van der Waals surface area contributed by atoms with Gasteiger partial charge in [0, 0.05) is 36.8 Å². The zero-order valence-electron chi connectivity index (χ0n) is 16.7. The number of rotatable bonds is 4. The van der Waals surface area contributed by atoms with Gasteiger partial charge in [0.05, 0.1) is 5.69 Å². The van der Waals surface area contributed by atoms with E-state index in [2.05, 4.69) is 30.8 Å². The van der Waals surface area contributed by atoms with E-state index in [1.807, 2.05) is 18.7 Å². The Morgan fingerprint density at radius 2 is 1.96 bits per heavy atom. The fourth-order valence-electron chi connectivity index (χ4n) is 4.81. The van der Waals surface area contributed by atoms with Crippen molar-refractivity contribution < 1.29 is 14.7 Å². The second kappa shape index (κ2) is 8.69. The first kappa shape index (κ1) is 20.5. The Morgan fingerprint density at radius 3 is 2.50 bits per heavy atom. The summed E-state index contributed by atoms with van der Waals surface area (Å²) in [5.41, 5.74) is 3.44. The van der Waals surface area contributed by atoms with E-state index in [1.54, 1.807) is 0 Å². The third-order valence-electron chi connectivity index (χ3n) is 6.29. The highest BCUT2D eigenvalue weighted by molar-refractivity contribution is 5.80. The fraction of sp³-hybridized carbons (Fsp3) is 0.750. The van der Waals surface area contributed by atoms with Crippen molar-refractivity contribution in [1.29, 1.82) is 0 Å². The Balaban J connectivity index is 0.000000758. The summed E-state index contributed by atoms with van der Waals surface area (Å²) in [6.07, 6.45) is 6.29. The zero-order valence-corrected chi connectivity index (χ0v) is 16.7. The number of hydrogen-bond acceptors (Lipinski definition) is 3. The number of hydrogen-bond donors (Lipinski definition) is 1. The lowest BCUT2D eigenvalue weighted by molar-refractivity contribution is -0.139. The van der Waals surface area contributed by atoms with Crippen molar-refractivity contribution in [3.63, 3.8) is 0 Å². The van der Waals surface area contributed by atoms with E-state index in [9.17, 15) is 4.79 Å². The maximum absolute atomic E-state index is 13.3. The van der Waals surface area contributed by atoms with Crippen LogP contribution in [0.2, 0.25) is 0 Å². The van der Waals surface area contributed by atoms with Crippen LogP contribution in [-0.2, 0) is 23.2 Å². The van der Waals surface area contributed by atoms with Gasteiger partial charge in [-0.1, -0.05) is 12.8 Å². The van der Waals surface area contributed by atoms with Gasteiger partial charge in [-0.25, -0.2) is 0 Å². The molecule has 1 aromatic rings. The first-order chi connectivity index (χ1) is 12.3. The maximum atomic E-state index is 13.3. The minimum absolute atomic E-state index is 0.238. The monoisotopic (exact) mass is 363 g/mol. The summed E-state index contributed by atoms with van der Waals surface area (Å²) >= 11 is 0. The van der Waals surface area contributed by atoms with Gasteiger partial charge in [-0.2, -0.15) is 5.10 Å². The SMILES string of the molecule is Cc1nn(C)c(C)c1CN(C(=O)[C@H]1CC[C@@H]2CCC[C@@H]21)C(C)C.O=CO. The third-order valence-corrected chi connectivity index (χ3v) is 6.29. The number of fused-ring (bicyclic) bond motifs is 1. The highest BCUT2D eigenvalue weighted by Crippen LogP contribution is 2.48. The second-order valence-corrected chi connectivity index (χ2v) is 7.98. The minimum atomic E-state index is -0.250. The molecule has 2 aliphatic rings. The summed E-state index contributed by atoms with van der Waals surface area (Å²) in [6.45, 7) is 8.88. The summed E-state index contributed by atoms with van der Waals surface area (Å²) in [5.74, 6) is 2.12. The lowest BCUT2D eigenvalue weighted by Crippen LogP contribution is -2.41. The maximum Gasteiger partial charge on any atom is 0.290 e. The Labute approximate surface area is 156 Å². The smallest absolute Gasteiger partial charge is 0.290 e. The van der Waals surface area contributed by atoms with Crippen molar-refractivity contribution in [2.45, 2.75) is 72.4 Å². The quantitative estimate of drug-likeness (QED) is 0.833. The predicted octanol–water partition coefficient (Wildman–Crippen LogP) is 3.30. The molecule has 0 saturated heterocycles. The summed E-state index contributed by atoms with van der Waals surface area (Å²) in [6, 6.07) is 0.238. The van der Waals surface area contributed by atoms with E-state index in [0.717, 1.165) is 18.0 Å². The topological polar surface area (TPSA) is 75.4 Å². The summed E-state index contributed by atoms with van der Waals surface area (Å²) in [7, 11) is 1.98. The molecule has 2 fully saturated rings. The van der Waals surface area contributed by atoms with Crippen molar-refractivity contribution in [3.05, 3.63) is 17.0 Å². The van der Waals surface area contributed by atoms with Crippen molar-refractivity contribution in [1.82, 2.24) is 14.7 Å². The Kier molecular flexibility index (Phi) is 6.84. The number of nitrogens with zero attached hydrogens (tertiary/aromatic N) is 3. The molecule has 1 heterocycles. The van der Waals surface area contributed by atoms with Crippen LogP contribution in [-0.4, -0.2) is 38.2 Å². The number of aryl methyl sites for hydroxylation is 2. The normalized spacial score (nSPS) is 24.2. The van der Waals surface area contributed by atoms with Crippen LogP contribution in [0.3, 0.4) is 0 Å². The second-order valence-electron chi connectivity index (χ2n) is 7.98. The molecule has 2 saturated carbocycles. The van der Waals surface area contributed by atoms with Crippen molar-refractivity contribution in [3.8, 4) is 0 Å². The molecule has 6 heteroatoms. The fourth-order valence-corrected chi connectivity index (χ4v) is 4.81. The molecule has 1 aromatic heterocycles. The highest BCUT2D eigenvalue weighted by atomic mass is 16.3. The van der Waals surface area contributed by atoms with Gasteiger partial charge in [0.1, 0.15) is 0 Å². The number of carboxylic acid groups (broad SMARTS) is 1. The molecule has 0 unspecified atom stereocenters. The van der Waals surface area contributed by atoms with Gasteiger partial charge in [-0.15, -0.1) is 0 Å². The molecule has 1 amide bonds. The lowest BCUT2D eigenvalue weighted by Gasteiger charge is -2.31. The molecule has 3 rings (SSSR count). The first-order valence-electron chi connectivity index (χ1n) is 9.69. The number of carbonyl (C=O) groups is 2. The van der Waals surface area contributed by atoms with Crippen LogP contribution < -0.4 is 0 Å². The third kappa shape index (κ3) is 4.10. The average Bonchev–Trinajstić information content (AvgIpc) is 3.22. The molecule has 0 bridgehead atoms. The molecular formula is C20H33N3O3. The molecule has 26 heavy (non-hydrogen) atoms. The van der Waals surface area contributed by atoms with Gasteiger partial charge in [-0.3, -0.25) is 14.3 Å². The van der Waals surface area contributed by atoms with E-state index in [1.165, 1.54) is 36.9 Å². The van der Waals surface area contributed by atoms with Crippen LogP contribution in [0.1, 0.15) is 62.9 Å². The van der Waals surface area contributed by atoms with Crippen molar-refractivity contribution in [2.24, 2.45) is 24.8 Å². The minimum Gasteiger partial charge on any atom is -0.483 e. The Bertz CT molecular complexity index is 638. The average molecular weight is 364 g/mol. The van der Waals surface area contributed by atoms with Gasteiger partial charge in [0.25, 0.3) is 6.47 Å². The van der Waals surface area contributed by atoms with Crippen LogP contribution in [0.4, 0.5) is 0 Å². The molecule has 3 atom stereocenters. The van der Waals surface area contributed by atoms with Crippen molar-refractivity contribution >= 4 is 12.4 Å². The van der Waals surface area contributed by atoms with E-state index >= 15 is 0 Å². The van der Waals surface area contributed by atoms with Crippen LogP contribution in [0.5, 0.6) is 0 Å². The lowest BCUT2D eigenvalue weighted by atomic mass is 9.90. The molecule has 0 aliphatic heterocycles. The largest absolute Gasteiger partial charge is 0.483 e. The van der Waals surface area contributed by atoms with E-state index in [-0.39, 0.29) is 18.4 Å². The molecule has 6 nitrogen and oxygen atoms in total. The Hall–Kier alpha value is -1.85. The van der Waals surface area contributed by atoms with Gasteiger partial charge in [0.2, 0.25) is 5.91 Å². The van der Waals surface area contributed by atoms with Crippen LogP contribution in [0, 0.1) is 31.6 Å². The Morgan fingerprint density at radius 1 is 1.31 bits per heavy atom. The number of carbonyl (C=O) groups excluding carboxylic acids is 1. The zero-order chi connectivity index (χ0) is 19.4. The van der Waals surface area contributed by atoms with Crippen molar-refractivity contribution in [2.75, 3.05) is 0 Å². The summed E-state index contributed by atoms with van der Waals surface area (Å²) in [4.78, 5) is 23.7. The van der Waals surface area contributed by atoms with E-state index < -0.39 is 0 Å². The van der Waals surface area contributed by atoms with Gasteiger partial charge >= 0.3 is 0 Å². The molecular weight excluding hydrogens is 330 g/mol. The number of amides is 1. The van der Waals surface area contributed by atoms with Gasteiger partial charge in [0.15, 0.2) is 0 Å². The van der Waals surface area contributed by atoms with Gasteiger partial charge in [-0.05, 0) is 58.8 Å². The van der Waals surface area contributed by atoms with Gasteiger partial charge < -0.3 is 10.0 Å². The van der Waals surface area contributed by atoms with E-state index in [0.29, 0.717) is 18.4 Å². The molecule has 1 N–H and O–H groups in total. The summed E-state index contributed by atoms with van der Waals surface area (Å²) in [5, 5.41) is 11.4. The molecule has 0 aromatic carbocycles. The van der Waals surface area contributed by atoms with Crippen LogP contribution in [0.15, 0.2) is 0 Å². The highest BCUT2D eigenvalue weighted by Gasteiger charge is 2.44. The number of aromatic nitrogens is 2.